The highest BCUT2D eigenvalue weighted by molar-refractivity contribution is 6.06. The number of fused-ring (bicyclic) bond motifs is 3. The fourth-order valence-electron chi connectivity index (χ4n) is 3.80. The average molecular weight is 522 g/mol. The van der Waals surface area contributed by atoms with Gasteiger partial charge in [0.2, 0.25) is 0 Å². The number of benzene rings is 2. The number of ether oxygens (including phenoxy) is 1. The van der Waals surface area contributed by atoms with E-state index in [2.05, 4.69) is 17.2 Å². The fraction of sp³-hybridized carbons (Fsp3) is 0.433. The summed E-state index contributed by atoms with van der Waals surface area (Å²) >= 11 is 0. The van der Waals surface area contributed by atoms with E-state index in [9.17, 15) is 4.79 Å². The van der Waals surface area contributed by atoms with E-state index in [1.165, 1.54) is 0 Å². The maximum absolute atomic E-state index is 11.9. The number of nitrogens with zero attached hydrogens (tertiary/aromatic N) is 3. The Bertz CT molecular complexity index is 1240. The van der Waals surface area contributed by atoms with Crippen LogP contribution in [0.2, 0.25) is 0 Å². The van der Waals surface area contributed by atoms with Gasteiger partial charge in [-0.2, -0.15) is 4.73 Å². The van der Waals surface area contributed by atoms with Gasteiger partial charge in [-0.05, 0) is 30.9 Å². The van der Waals surface area contributed by atoms with Gasteiger partial charge in [0.1, 0.15) is 30.1 Å². The molecule has 8 nitrogen and oxygen atoms in total. The van der Waals surface area contributed by atoms with Crippen LogP contribution in [0.3, 0.4) is 0 Å². The molecule has 0 radical (unpaired) electrons. The van der Waals surface area contributed by atoms with Crippen LogP contribution in [0.1, 0.15) is 71.7 Å². The summed E-state index contributed by atoms with van der Waals surface area (Å²) in [4.78, 5) is 27.3. The summed E-state index contributed by atoms with van der Waals surface area (Å²) in [5, 5.41) is 3.75. The third kappa shape index (κ3) is 8.36. The number of hydrogen-bond acceptors (Lipinski definition) is 6. The zero-order valence-corrected chi connectivity index (χ0v) is 23.5. The first-order chi connectivity index (χ1) is 18.7. The average Bonchev–Trinajstić information content (AvgIpc) is 3.34. The monoisotopic (exact) mass is 521 g/mol. The number of aryl methyl sites for hydroxylation is 1. The SMILES string of the molecule is CC.CC.CCCCc1nc2c(N)nc3ccccc3c2n1OCCCCNC(=O)OCc1ccccc1. The Morgan fingerprint density at radius 1 is 0.947 bits per heavy atom. The predicted octanol–water partition coefficient (Wildman–Crippen LogP) is 6.70. The minimum atomic E-state index is -0.415. The number of hydrogen-bond donors (Lipinski definition) is 2. The molecule has 0 saturated heterocycles. The molecule has 0 aliphatic heterocycles. The van der Waals surface area contributed by atoms with Gasteiger partial charge in [0, 0.05) is 18.4 Å². The van der Waals surface area contributed by atoms with E-state index in [0.717, 1.165) is 59.9 Å². The van der Waals surface area contributed by atoms with Crippen LogP contribution >= 0.6 is 0 Å². The number of rotatable bonds is 11. The number of nitrogen functional groups attached to an aromatic ring is 1. The summed E-state index contributed by atoms with van der Waals surface area (Å²) < 4.78 is 7.06. The topological polar surface area (TPSA) is 104 Å². The molecule has 0 saturated carbocycles. The fourth-order valence-corrected chi connectivity index (χ4v) is 3.80. The molecule has 0 atom stereocenters. The maximum Gasteiger partial charge on any atom is 0.407 e. The Hall–Kier alpha value is -3.81. The first kappa shape index (κ1) is 30.4. The Balaban J connectivity index is 0.00000121. The molecule has 2 aromatic carbocycles. The van der Waals surface area contributed by atoms with Crippen molar-refractivity contribution < 1.29 is 14.4 Å². The van der Waals surface area contributed by atoms with Gasteiger partial charge in [-0.3, -0.25) is 0 Å². The molecule has 0 aliphatic rings. The van der Waals surface area contributed by atoms with Crippen LogP contribution in [0.5, 0.6) is 0 Å². The number of alkyl carbamates (subject to hydrolysis) is 1. The summed E-state index contributed by atoms with van der Waals surface area (Å²) in [6, 6.07) is 17.5. The summed E-state index contributed by atoms with van der Waals surface area (Å²) in [7, 11) is 0. The van der Waals surface area contributed by atoms with Crippen molar-refractivity contribution >= 4 is 33.8 Å². The number of carbonyl (C=O) groups excluding carboxylic acids is 1. The molecule has 2 heterocycles. The van der Waals surface area contributed by atoms with Gasteiger partial charge in [0.15, 0.2) is 5.82 Å². The van der Waals surface area contributed by atoms with E-state index >= 15 is 0 Å². The smallest absolute Gasteiger partial charge is 0.407 e. The zero-order chi connectivity index (χ0) is 27.8. The third-order valence-corrected chi connectivity index (χ3v) is 5.57. The molecule has 206 valence electrons. The first-order valence-electron chi connectivity index (χ1n) is 13.8. The first-order valence-corrected chi connectivity index (χ1v) is 13.8. The molecule has 38 heavy (non-hydrogen) atoms. The molecule has 2 aromatic heterocycles. The Labute approximate surface area is 226 Å². The van der Waals surface area contributed by atoms with Gasteiger partial charge in [-0.25, -0.2) is 14.8 Å². The normalized spacial score (nSPS) is 10.2. The maximum atomic E-state index is 11.9. The van der Waals surface area contributed by atoms with Crippen LogP contribution in [0.25, 0.3) is 21.9 Å². The number of carbonyl (C=O) groups is 1. The quantitative estimate of drug-likeness (QED) is 0.213. The van der Waals surface area contributed by atoms with Crippen molar-refractivity contribution in [3.8, 4) is 0 Å². The summed E-state index contributed by atoms with van der Waals surface area (Å²) in [6.45, 7) is 11.4. The van der Waals surface area contributed by atoms with E-state index in [1.54, 1.807) is 0 Å². The number of nitrogens with two attached hydrogens (primary N) is 1. The van der Waals surface area contributed by atoms with E-state index in [4.69, 9.17) is 20.3 Å². The summed E-state index contributed by atoms with van der Waals surface area (Å²) in [5.41, 5.74) is 9.53. The lowest BCUT2D eigenvalue weighted by Gasteiger charge is -2.12. The van der Waals surface area contributed by atoms with Crippen LogP contribution in [0.4, 0.5) is 10.6 Å². The highest BCUT2D eigenvalue weighted by atomic mass is 16.7. The van der Waals surface area contributed by atoms with Crippen LogP contribution in [0.15, 0.2) is 54.6 Å². The van der Waals surface area contributed by atoms with Gasteiger partial charge in [-0.1, -0.05) is 89.6 Å². The number of anilines is 1. The molecule has 1 amide bonds. The molecule has 4 rings (SSSR count). The molecule has 0 bridgehead atoms. The van der Waals surface area contributed by atoms with Gasteiger partial charge >= 0.3 is 6.09 Å². The molecule has 0 fully saturated rings. The molecule has 0 spiro atoms. The summed E-state index contributed by atoms with van der Waals surface area (Å²) in [6.07, 6.45) is 3.98. The van der Waals surface area contributed by atoms with Gasteiger partial charge in [0.05, 0.1) is 5.52 Å². The molecular weight excluding hydrogens is 478 g/mol. The van der Waals surface area contributed by atoms with Crippen LogP contribution in [-0.4, -0.2) is 33.9 Å². The second kappa shape index (κ2) is 16.8. The highest BCUT2D eigenvalue weighted by Gasteiger charge is 2.18. The van der Waals surface area contributed by atoms with Crippen molar-refractivity contribution in [1.82, 2.24) is 20.0 Å². The van der Waals surface area contributed by atoms with Crippen LogP contribution < -0.4 is 15.9 Å². The van der Waals surface area contributed by atoms with Crippen LogP contribution in [-0.2, 0) is 17.8 Å². The summed E-state index contributed by atoms with van der Waals surface area (Å²) in [5.74, 6) is 1.26. The molecular formula is C30H43N5O3. The third-order valence-electron chi connectivity index (χ3n) is 5.57. The number of unbranched alkanes of at least 4 members (excludes halogenated alkanes) is 2. The van der Waals surface area contributed by atoms with Crippen molar-refractivity contribution in [3.05, 3.63) is 66.0 Å². The van der Waals surface area contributed by atoms with E-state index in [-0.39, 0.29) is 6.61 Å². The van der Waals surface area contributed by atoms with Crippen molar-refractivity contribution in [3.63, 3.8) is 0 Å². The Morgan fingerprint density at radius 3 is 2.39 bits per heavy atom. The van der Waals surface area contributed by atoms with E-state index < -0.39 is 6.09 Å². The largest absolute Gasteiger partial charge is 0.445 e. The van der Waals surface area contributed by atoms with E-state index in [0.29, 0.717) is 24.5 Å². The number of amides is 1. The van der Waals surface area contributed by atoms with Crippen molar-refractivity contribution in [2.24, 2.45) is 0 Å². The number of para-hydroxylation sites is 1. The minimum absolute atomic E-state index is 0.260. The van der Waals surface area contributed by atoms with Crippen molar-refractivity contribution in [2.75, 3.05) is 18.9 Å². The van der Waals surface area contributed by atoms with Crippen LogP contribution in [0, 0.1) is 0 Å². The van der Waals surface area contributed by atoms with E-state index in [1.807, 2.05) is 87.0 Å². The minimum Gasteiger partial charge on any atom is -0.445 e. The second-order valence-corrected chi connectivity index (χ2v) is 8.17. The standard InChI is InChI=1S/C26H31N5O3.2C2H6/c1-2-3-15-22-30-23-24(20-13-7-8-14-21(20)29-25(23)27)31(22)34-17-10-9-16-28-26(32)33-18-19-11-5-4-6-12-19;2*1-2/h4-8,11-14H,2-3,9-10,15-18H2,1H3,(H2,27,29)(H,28,32);2*1-2H3. The Morgan fingerprint density at radius 2 is 1.66 bits per heavy atom. The lowest BCUT2D eigenvalue weighted by atomic mass is 10.2. The highest BCUT2D eigenvalue weighted by Crippen LogP contribution is 2.28. The molecule has 3 N–H and O–H groups in total. The lowest BCUT2D eigenvalue weighted by Crippen LogP contribution is -2.25. The van der Waals surface area contributed by atoms with Crippen molar-refractivity contribution in [1.29, 1.82) is 0 Å². The molecule has 0 unspecified atom stereocenters. The van der Waals surface area contributed by atoms with Gasteiger partial charge < -0.3 is 20.6 Å². The van der Waals surface area contributed by atoms with Crippen molar-refractivity contribution in [2.45, 2.75) is 73.3 Å². The zero-order valence-electron chi connectivity index (χ0n) is 23.5. The molecule has 8 heteroatoms. The molecule has 0 aliphatic carbocycles. The van der Waals surface area contributed by atoms with Gasteiger partial charge in [0.25, 0.3) is 0 Å². The predicted molar refractivity (Wildman–Crippen MR) is 156 cm³/mol. The Kier molecular flexibility index (Phi) is 13.5. The number of aromatic nitrogens is 3. The lowest BCUT2D eigenvalue weighted by molar-refractivity contribution is 0.108. The second-order valence-electron chi connectivity index (χ2n) is 8.17. The number of imidazole rings is 1. The number of nitrogens with one attached hydrogen (secondary N) is 1. The molecule has 4 aromatic rings. The number of pyridine rings is 1. The van der Waals surface area contributed by atoms with Gasteiger partial charge in [-0.15, -0.1) is 0 Å².